The summed E-state index contributed by atoms with van der Waals surface area (Å²) in [5, 5.41) is 5.94. The van der Waals surface area contributed by atoms with Gasteiger partial charge in [-0.15, -0.1) is 0 Å². The van der Waals surface area contributed by atoms with E-state index in [4.69, 9.17) is 4.42 Å². The molecule has 0 bridgehead atoms. The van der Waals surface area contributed by atoms with Gasteiger partial charge in [0.05, 0.1) is 5.71 Å². The van der Waals surface area contributed by atoms with Gasteiger partial charge < -0.3 is 14.6 Å². The van der Waals surface area contributed by atoms with Crippen molar-refractivity contribution >= 4 is 34.6 Å². The molecule has 1 fully saturated rings. The van der Waals surface area contributed by atoms with Crippen molar-refractivity contribution in [2.45, 2.75) is 27.2 Å². The monoisotopic (exact) mass is 461 g/mol. The van der Waals surface area contributed by atoms with Crippen LogP contribution in [0, 0.1) is 0 Å². The lowest BCUT2D eigenvalue weighted by Gasteiger charge is -2.20. The smallest absolute Gasteiger partial charge is 0.302 e. The van der Waals surface area contributed by atoms with Gasteiger partial charge in [-0.3, -0.25) is 14.9 Å². The van der Waals surface area contributed by atoms with Crippen molar-refractivity contribution in [1.82, 2.24) is 15.2 Å². The highest BCUT2D eigenvalue weighted by molar-refractivity contribution is 6.12. The number of rotatable bonds is 7. The van der Waals surface area contributed by atoms with E-state index in [1.54, 1.807) is 44.2 Å². The summed E-state index contributed by atoms with van der Waals surface area (Å²) in [6, 6.07) is 7.37. The van der Waals surface area contributed by atoms with E-state index in [-0.39, 0.29) is 17.6 Å². The van der Waals surface area contributed by atoms with Crippen molar-refractivity contribution < 1.29 is 14.0 Å². The molecule has 0 spiro atoms. The van der Waals surface area contributed by atoms with Crippen molar-refractivity contribution in [3.8, 4) is 0 Å². The lowest BCUT2D eigenvalue weighted by atomic mass is 10.1. The molecule has 0 saturated carbocycles. The molecule has 0 radical (unpaired) electrons. The summed E-state index contributed by atoms with van der Waals surface area (Å²) in [5.74, 6) is -0.422. The Labute approximate surface area is 199 Å². The van der Waals surface area contributed by atoms with Crippen LogP contribution in [-0.2, 0) is 9.59 Å². The fourth-order valence-corrected chi connectivity index (χ4v) is 3.46. The highest BCUT2D eigenvalue weighted by Gasteiger charge is 2.16. The molecule has 1 aromatic carbocycles. The second kappa shape index (κ2) is 11.9. The van der Waals surface area contributed by atoms with Gasteiger partial charge in [-0.2, -0.15) is 4.98 Å². The van der Waals surface area contributed by atoms with Crippen molar-refractivity contribution in [2.75, 3.05) is 31.5 Å². The van der Waals surface area contributed by atoms with Gasteiger partial charge >= 0.3 is 6.01 Å². The molecule has 1 aliphatic heterocycles. The van der Waals surface area contributed by atoms with Crippen LogP contribution in [0.25, 0.3) is 11.1 Å². The third kappa shape index (κ3) is 6.39. The zero-order valence-corrected chi connectivity index (χ0v) is 19.9. The van der Waals surface area contributed by atoms with Crippen molar-refractivity contribution in [3.05, 3.63) is 72.0 Å². The minimum Gasteiger partial charge on any atom is -0.423 e. The Bertz CT molecular complexity index is 1150. The van der Waals surface area contributed by atoms with E-state index in [9.17, 15) is 9.59 Å². The highest BCUT2D eigenvalue weighted by atomic mass is 16.4. The number of amides is 2. The number of aromatic nitrogens is 1. The molecule has 0 aliphatic carbocycles. The van der Waals surface area contributed by atoms with Gasteiger partial charge in [-0.25, -0.2) is 4.99 Å². The molecule has 0 unspecified atom stereocenters. The predicted octanol–water partition coefficient (Wildman–Crippen LogP) is 4.01. The lowest BCUT2D eigenvalue weighted by Crippen LogP contribution is -2.34. The number of benzene rings is 1. The van der Waals surface area contributed by atoms with Gasteiger partial charge in [0.2, 0.25) is 5.91 Å². The standard InChI is InChI=1S/C26H31N5O3/c1-5-20(18(3)12-13-19(4)25(33)31-16-9-14-27-15-17-31)28-21(6-2)24(32)30-26-29-22-10-7-8-11-23(22)34-26/h5-8,10-13,27H,1,9,14-17H2,2-4H3,(H,29,30,32)/b18-12+,19-13+,21-6-,28-20+. The maximum Gasteiger partial charge on any atom is 0.302 e. The summed E-state index contributed by atoms with van der Waals surface area (Å²) in [5.41, 5.74) is 3.37. The molecule has 2 N–H and O–H groups in total. The Morgan fingerprint density at radius 3 is 2.68 bits per heavy atom. The van der Waals surface area contributed by atoms with Crippen LogP contribution in [0.5, 0.6) is 0 Å². The molecule has 2 aromatic rings. The van der Waals surface area contributed by atoms with Crippen molar-refractivity contribution in [2.24, 2.45) is 4.99 Å². The van der Waals surface area contributed by atoms with E-state index in [0.717, 1.165) is 31.6 Å². The van der Waals surface area contributed by atoms with E-state index in [0.29, 0.717) is 28.9 Å². The number of fused-ring (bicyclic) bond motifs is 1. The van der Waals surface area contributed by atoms with E-state index in [1.807, 2.05) is 30.0 Å². The van der Waals surface area contributed by atoms with Gasteiger partial charge in [0.15, 0.2) is 5.58 Å². The number of anilines is 1. The minimum atomic E-state index is -0.446. The first-order valence-electron chi connectivity index (χ1n) is 11.3. The number of carbonyl (C=O) groups excluding carboxylic acids is 2. The highest BCUT2D eigenvalue weighted by Crippen LogP contribution is 2.19. The summed E-state index contributed by atoms with van der Waals surface area (Å²) in [7, 11) is 0. The number of allylic oxidation sites excluding steroid dienone is 5. The zero-order valence-electron chi connectivity index (χ0n) is 19.9. The van der Waals surface area contributed by atoms with Gasteiger partial charge in [-0.1, -0.05) is 36.9 Å². The van der Waals surface area contributed by atoms with Gasteiger partial charge in [0.1, 0.15) is 11.2 Å². The largest absolute Gasteiger partial charge is 0.423 e. The molecule has 178 valence electrons. The Balaban J connectivity index is 1.72. The predicted molar refractivity (Wildman–Crippen MR) is 136 cm³/mol. The van der Waals surface area contributed by atoms with E-state index >= 15 is 0 Å². The van der Waals surface area contributed by atoms with Crippen LogP contribution in [-0.4, -0.2) is 53.6 Å². The Morgan fingerprint density at radius 2 is 1.94 bits per heavy atom. The number of para-hydroxylation sites is 2. The molecule has 0 atom stereocenters. The van der Waals surface area contributed by atoms with Crippen LogP contribution >= 0.6 is 0 Å². The van der Waals surface area contributed by atoms with Crippen LogP contribution < -0.4 is 10.6 Å². The quantitative estimate of drug-likeness (QED) is 0.369. The second-order valence-corrected chi connectivity index (χ2v) is 7.91. The number of hydrogen-bond donors (Lipinski definition) is 2. The van der Waals surface area contributed by atoms with Crippen LogP contribution in [0.3, 0.4) is 0 Å². The van der Waals surface area contributed by atoms with Crippen LogP contribution in [0.15, 0.2) is 81.4 Å². The molecule has 1 aliphatic rings. The van der Waals surface area contributed by atoms with Crippen LogP contribution in [0.1, 0.15) is 27.2 Å². The first-order chi connectivity index (χ1) is 16.4. The fourth-order valence-electron chi connectivity index (χ4n) is 3.46. The maximum atomic E-state index is 12.7. The lowest BCUT2D eigenvalue weighted by molar-refractivity contribution is -0.126. The van der Waals surface area contributed by atoms with Gasteiger partial charge in [0.25, 0.3) is 5.91 Å². The maximum absolute atomic E-state index is 12.7. The van der Waals surface area contributed by atoms with Crippen LogP contribution in [0.4, 0.5) is 6.01 Å². The average Bonchev–Trinajstić information content (AvgIpc) is 3.05. The molecule has 1 saturated heterocycles. The number of aliphatic imine (C=N–C) groups is 1. The minimum absolute atomic E-state index is 0.0247. The topological polar surface area (TPSA) is 99.8 Å². The molecule has 8 heteroatoms. The van der Waals surface area contributed by atoms with E-state index in [2.05, 4.69) is 27.2 Å². The molecule has 34 heavy (non-hydrogen) atoms. The summed E-state index contributed by atoms with van der Waals surface area (Å²) in [6.07, 6.45) is 7.72. The number of nitrogens with one attached hydrogen (secondary N) is 2. The summed E-state index contributed by atoms with van der Waals surface area (Å²) < 4.78 is 5.56. The number of hydrogen-bond acceptors (Lipinski definition) is 6. The van der Waals surface area contributed by atoms with Gasteiger partial charge in [0, 0.05) is 25.2 Å². The molecular formula is C26H31N5O3. The van der Waals surface area contributed by atoms with Crippen molar-refractivity contribution in [1.29, 1.82) is 0 Å². The molecule has 2 amide bonds. The fraction of sp³-hybridized carbons (Fsp3) is 0.308. The third-order valence-corrected chi connectivity index (χ3v) is 5.41. The Kier molecular flexibility index (Phi) is 8.70. The van der Waals surface area contributed by atoms with Crippen LogP contribution in [0.2, 0.25) is 0 Å². The first kappa shape index (κ1) is 24.9. The van der Waals surface area contributed by atoms with Crippen molar-refractivity contribution in [3.63, 3.8) is 0 Å². The number of oxazole rings is 1. The number of nitrogens with zero attached hydrogens (tertiary/aromatic N) is 3. The molecular weight excluding hydrogens is 430 g/mol. The molecule has 2 heterocycles. The molecule has 3 rings (SSSR count). The molecule has 1 aromatic heterocycles. The average molecular weight is 462 g/mol. The summed E-state index contributed by atoms with van der Waals surface area (Å²) >= 11 is 0. The van der Waals surface area contributed by atoms with E-state index < -0.39 is 5.91 Å². The summed E-state index contributed by atoms with van der Waals surface area (Å²) in [4.78, 5) is 36.1. The Hall–Kier alpha value is -3.78. The second-order valence-electron chi connectivity index (χ2n) is 7.91. The molecule has 8 nitrogen and oxygen atoms in total. The summed E-state index contributed by atoms with van der Waals surface area (Å²) in [6.45, 7) is 12.4. The zero-order chi connectivity index (χ0) is 24.5. The Morgan fingerprint density at radius 1 is 1.18 bits per heavy atom. The third-order valence-electron chi connectivity index (χ3n) is 5.41. The normalized spacial score (nSPS) is 16.4. The van der Waals surface area contributed by atoms with Gasteiger partial charge in [-0.05, 0) is 57.5 Å². The van der Waals surface area contributed by atoms with E-state index in [1.165, 1.54) is 0 Å². The number of carbonyl (C=O) groups is 2. The first-order valence-corrected chi connectivity index (χ1v) is 11.3. The SMILES string of the molecule is C=CC(=N\C(=C/C)C(=O)Nc1nc2ccccc2o1)/C(C)=C/C=C(\C)C(=O)N1CCCNCC1.